The molecule has 0 bridgehead atoms. The maximum Gasteiger partial charge on any atom is 0.345 e. The Morgan fingerprint density at radius 2 is 2.17 bits per heavy atom. The number of hydrogen-bond acceptors (Lipinski definition) is 5. The highest BCUT2D eigenvalue weighted by molar-refractivity contribution is 5.95. The van der Waals surface area contributed by atoms with Gasteiger partial charge < -0.3 is 5.32 Å². The number of pyridine rings is 1. The lowest BCUT2D eigenvalue weighted by molar-refractivity contribution is 0.0932. The highest BCUT2D eigenvalue weighted by atomic mass is 16.2. The van der Waals surface area contributed by atoms with Crippen LogP contribution in [0.15, 0.2) is 35.4 Å². The van der Waals surface area contributed by atoms with Gasteiger partial charge in [0.2, 0.25) is 0 Å². The average Bonchev–Trinajstić information content (AvgIpc) is 3.17. The zero-order chi connectivity index (χ0) is 20.4. The topological polar surface area (TPSA) is 99.6 Å². The van der Waals surface area contributed by atoms with E-state index >= 15 is 0 Å². The van der Waals surface area contributed by atoms with Crippen LogP contribution in [-0.4, -0.2) is 41.1 Å². The fourth-order valence-corrected chi connectivity index (χ4v) is 3.74. The second-order valence-corrected chi connectivity index (χ2v) is 7.31. The Balaban J connectivity index is 1.45. The number of aryl methyl sites for hydroxylation is 2. The number of carbonyl (C=O) groups excluding carboxylic acids is 1. The van der Waals surface area contributed by atoms with Crippen molar-refractivity contribution in [3.8, 4) is 5.82 Å². The highest BCUT2D eigenvalue weighted by Crippen LogP contribution is 2.15. The van der Waals surface area contributed by atoms with Crippen LogP contribution in [0.3, 0.4) is 0 Å². The summed E-state index contributed by atoms with van der Waals surface area (Å²) in [4.78, 5) is 29.6. The van der Waals surface area contributed by atoms with Crippen LogP contribution in [0.25, 0.3) is 5.82 Å². The normalized spacial score (nSPS) is 16.3. The van der Waals surface area contributed by atoms with Crippen molar-refractivity contribution in [1.82, 2.24) is 34.4 Å². The van der Waals surface area contributed by atoms with E-state index in [-0.39, 0.29) is 17.6 Å². The van der Waals surface area contributed by atoms with E-state index in [4.69, 9.17) is 0 Å². The molecule has 3 aromatic heterocycles. The van der Waals surface area contributed by atoms with Gasteiger partial charge in [-0.3, -0.25) is 9.36 Å². The summed E-state index contributed by atoms with van der Waals surface area (Å²) in [7, 11) is 0. The van der Waals surface area contributed by atoms with E-state index in [1.54, 1.807) is 26.3 Å². The third kappa shape index (κ3) is 3.72. The molecule has 0 saturated heterocycles. The molecule has 0 aliphatic carbocycles. The van der Waals surface area contributed by atoms with Gasteiger partial charge in [-0.2, -0.15) is 10.2 Å². The summed E-state index contributed by atoms with van der Waals surface area (Å²) in [6.45, 7) is 5.09. The van der Waals surface area contributed by atoms with Crippen LogP contribution in [-0.2, 0) is 19.5 Å². The molecule has 0 fully saturated rings. The Hall–Kier alpha value is -3.23. The lowest BCUT2D eigenvalue weighted by Crippen LogP contribution is -2.36. The first-order chi connectivity index (χ1) is 14.1. The monoisotopic (exact) mass is 395 g/mol. The molecule has 152 valence electrons. The minimum absolute atomic E-state index is 0.0131. The highest BCUT2D eigenvalue weighted by Gasteiger charge is 2.24. The van der Waals surface area contributed by atoms with Crippen molar-refractivity contribution in [1.29, 1.82) is 0 Å². The Morgan fingerprint density at radius 1 is 1.31 bits per heavy atom. The number of amides is 1. The van der Waals surface area contributed by atoms with E-state index in [2.05, 4.69) is 20.5 Å². The predicted molar refractivity (Wildman–Crippen MR) is 107 cm³/mol. The fraction of sp³-hybridized carbons (Fsp3) is 0.450. The van der Waals surface area contributed by atoms with E-state index < -0.39 is 0 Å². The summed E-state index contributed by atoms with van der Waals surface area (Å²) in [5.74, 6) is 1.32. The second-order valence-electron chi connectivity index (χ2n) is 7.31. The van der Waals surface area contributed by atoms with E-state index in [0.29, 0.717) is 37.3 Å². The lowest BCUT2D eigenvalue weighted by Gasteiger charge is -2.16. The van der Waals surface area contributed by atoms with Gasteiger partial charge in [-0.25, -0.2) is 19.1 Å². The largest absolute Gasteiger partial charge is 0.349 e. The van der Waals surface area contributed by atoms with E-state index in [1.807, 2.05) is 32.0 Å². The smallest absolute Gasteiger partial charge is 0.345 e. The summed E-state index contributed by atoms with van der Waals surface area (Å²) in [5.41, 5.74) is 1.22. The van der Waals surface area contributed by atoms with Gasteiger partial charge in [0, 0.05) is 31.7 Å². The number of nitrogens with zero attached hydrogens (tertiary/aromatic N) is 6. The number of nitrogens with one attached hydrogen (secondary N) is 1. The molecule has 1 aliphatic rings. The summed E-state index contributed by atoms with van der Waals surface area (Å²) >= 11 is 0. The van der Waals surface area contributed by atoms with Crippen LogP contribution in [0.4, 0.5) is 0 Å². The molecule has 1 unspecified atom stereocenters. The molecule has 3 aromatic rings. The van der Waals surface area contributed by atoms with Crippen molar-refractivity contribution >= 4 is 5.91 Å². The molecule has 9 nitrogen and oxygen atoms in total. The Morgan fingerprint density at radius 3 is 2.93 bits per heavy atom. The van der Waals surface area contributed by atoms with Gasteiger partial charge in [-0.05, 0) is 38.3 Å². The van der Waals surface area contributed by atoms with E-state index in [9.17, 15) is 9.59 Å². The number of fused-ring (bicyclic) bond motifs is 1. The van der Waals surface area contributed by atoms with Crippen LogP contribution >= 0.6 is 0 Å². The first-order valence-electron chi connectivity index (χ1n) is 10.0. The van der Waals surface area contributed by atoms with Crippen LogP contribution < -0.4 is 11.0 Å². The first kappa shape index (κ1) is 19.1. The molecule has 0 saturated carbocycles. The summed E-state index contributed by atoms with van der Waals surface area (Å²) in [6, 6.07) is 5.55. The fourth-order valence-electron chi connectivity index (χ4n) is 3.74. The molecular formula is C20H25N7O2. The van der Waals surface area contributed by atoms with Crippen LogP contribution in [0.2, 0.25) is 0 Å². The minimum atomic E-state index is -0.155. The Kier molecular flexibility index (Phi) is 5.28. The number of carbonyl (C=O) groups is 1. The molecule has 9 heteroatoms. The van der Waals surface area contributed by atoms with Gasteiger partial charge >= 0.3 is 5.69 Å². The van der Waals surface area contributed by atoms with Crippen molar-refractivity contribution < 1.29 is 4.79 Å². The molecule has 0 spiro atoms. The number of rotatable bonds is 5. The minimum Gasteiger partial charge on any atom is -0.349 e. The van der Waals surface area contributed by atoms with Crippen molar-refractivity contribution in [2.24, 2.45) is 0 Å². The molecule has 4 heterocycles. The SMILES string of the molecule is CCCn1nc2n(c1=O)CCC(NC(=O)c1cnn(-c3ccccn3)c1C)CC2. The van der Waals surface area contributed by atoms with Crippen LogP contribution in [0, 0.1) is 6.92 Å². The van der Waals surface area contributed by atoms with Gasteiger partial charge in [-0.15, -0.1) is 0 Å². The first-order valence-corrected chi connectivity index (χ1v) is 10.0. The number of aromatic nitrogens is 6. The van der Waals surface area contributed by atoms with Crippen molar-refractivity contribution in [3.63, 3.8) is 0 Å². The molecular weight excluding hydrogens is 370 g/mol. The second kappa shape index (κ2) is 8.02. The molecule has 0 aromatic carbocycles. The third-order valence-corrected chi connectivity index (χ3v) is 5.31. The molecule has 1 amide bonds. The van der Waals surface area contributed by atoms with Crippen LogP contribution in [0.5, 0.6) is 0 Å². The summed E-state index contributed by atoms with van der Waals surface area (Å²) < 4.78 is 4.95. The maximum atomic E-state index is 12.8. The zero-order valence-electron chi connectivity index (χ0n) is 16.7. The van der Waals surface area contributed by atoms with E-state index in [1.165, 1.54) is 0 Å². The quantitative estimate of drug-likeness (QED) is 0.705. The van der Waals surface area contributed by atoms with Gasteiger partial charge in [0.1, 0.15) is 5.82 Å². The molecule has 1 atom stereocenters. The third-order valence-electron chi connectivity index (χ3n) is 5.31. The molecule has 4 rings (SSSR count). The Labute approximate surface area is 168 Å². The van der Waals surface area contributed by atoms with Gasteiger partial charge in [0.15, 0.2) is 5.82 Å². The van der Waals surface area contributed by atoms with Crippen molar-refractivity contribution in [2.45, 2.75) is 58.7 Å². The van der Waals surface area contributed by atoms with Gasteiger partial charge in [0.25, 0.3) is 5.91 Å². The predicted octanol–water partition coefficient (Wildman–Crippen LogP) is 1.48. The molecule has 1 N–H and O–H groups in total. The van der Waals surface area contributed by atoms with E-state index in [0.717, 1.165) is 24.4 Å². The van der Waals surface area contributed by atoms with Crippen molar-refractivity contribution in [2.75, 3.05) is 0 Å². The standard InChI is InChI=1S/C20H25N7O2/c1-3-11-26-20(29)25-12-9-15(7-8-18(25)24-26)23-19(28)16-13-22-27(14(16)2)17-6-4-5-10-21-17/h4-6,10,13,15H,3,7-9,11-12H2,1-2H3,(H,23,28). The zero-order valence-corrected chi connectivity index (χ0v) is 16.7. The molecule has 29 heavy (non-hydrogen) atoms. The molecule has 1 aliphatic heterocycles. The summed E-state index contributed by atoms with van der Waals surface area (Å²) in [5, 5.41) is 11.9. The average molecular weight is 395 g/mol. The van der Waals surface area contributed by atoms with Crippen LogP contribution in [0.1, 0.15) is 48.1 Å². The van der Waals surface area contributed by atoms with Crippen molar-refractivity contribution in [3.05, 3.63) is 58.2 Å². The Bertz CT molecular complexity index is 1060. The van der Waals surface area contributed by atoms with Gasteiger partial charge in [-0.1, -0.05) is 13.0 Å². The molecule has 0 radical (unpaired) electrons. The lowest BCUT2D eigenvalue weighted by atomic mass is 10.1. The summed E-state index contributed by atoms with van der Waals surface area (Å²) in [6.07, 6.45) is 6.26. The maximum absolute atomic E-state index is 12.8. The number of hydrogen-bond donors (Lipinski definition) is 1. The van der Waals surface area contributed by atoms with Gasteiger partial charge in [0.05, 0.1) is 17.5 Å².